The summed E-state index contributed by atoms with van der Waals surface area (Å²) in [4.78, 5) is 11.7. The highest BCUT2D eigenvalue weighted by molar-refractivity contribution is 5.71. The van der Waals surface area contributed by atoms with Gasteiger partial charge in [0.05, 0.1) is 0 Å². The van der Waals surface area contributed by atoms with Gasteiger partial charge < -0.3 is 9.47 Å². The van der Waals surface area contributed by atoms with Crippen molar-refractivity contribution in [3.63, 3.8) is 0 Å². The molecule has 0 N–H and O–H groups in total. The first-order valence-electron chi connectivity index (χ1n) is 8.03. The summed E-state index contributed by atoms with van der Waals surface area (Å²) in [5.74, 6) is 0.384. The van der Waals surface area contributed by atoms with E-state index in [1.54, 1.807) is 0 Å². The smallest absolute Gasteiger partial charge is 0.344 e. The predicted molar refractivity (Wildman–Crippen MR) is 94.8 cm³/mol. The standard InChI is InChI=1S/C20H28O3/c1-15(2)8-6-9-16(3)12-13-22-20(21)14-23-19-11-7-10-17(4)18(19)5/h7-8,10-12H,6,9,13-14H2,1-5H3/b16-12+. The lowest BCUT2D eigenvalue weighted by atomic mass is 10.1. The van der Waals surface area contributed by atoms with Crippen molar-refractivity contribution in [3.05, 3.63) is 52.6 Å². The number of hydrogen-bond donors (Lipinski definition) is 0. The third kappa shape index (κ3) is 7.68. The lowest BCUT2D eigenvalue weighted by Crippen LogP contribution is -2.15. The summed E-state index contributed by atoms with van der Waals surface area (Å²) in [5, 5.41) is 0. The molecular weight excluding hydrogens is 288 g/mol. The van der Waals surface area contributed by atoms with Gasteiger partial charge in [-0.15, -0.1) is 0 Å². The molecule has 23 heavy (non-hydrogen) atoms. The first-order valence-corrected chi connectivity index (χ1v) is 8.03. The zero-order valence-corrected chi connectivity index (χ0v) is 14.9. The Morgan fingerprint density at radius 2 is 1.87 bits per heavy atom. The molecule has 1 aromatic rings. The van der Waals surface area contributed by atoms with E-state index >= 15 is 0 Å². The summed E-state index contributed by atoms with van der Waals surface area (Å²) in [6.45, 7) is 10.5. The normalized spacial score (nSPS) is 11.1. The van der Waals surface area contributed by atoms with Gasteiger partial charge in [0, 0.05) is 0 Å². The first-order chi connectivity index (χ1) is 10.9. The van der Waals surface area contributed by atoms with Crippen LogP contribution in [0.3, 0.4) is 0 Å². The van der Waals surface area contributed by atoms with Gasteiger partial charge in [-0.3, -0.25) is 0 Å². The van der Waals surface area contributed by atoms with Gasteiger partial charge in [0.25, 0.3) is 0 Å². The van der Waals surface area contributed by atoms with Crippen molar-refractivity contribution in [2.75, 3.05) is 13.2 Å². The lowest BCUT2D eigenvalue weighted by Gasteiger charge is -2.10. The second-order valence-corrected chi connectivity index (χ2v) is 6.04. The van der Waals surface area contributed by atoms with Gasteiger partial charge in [0.2, 0.25) is 0 Å². The molecular formula is C20H28O3. The summed E-state index contributed by atoms with van der Waals surface area (Å²) in [7, 11) is 0. The number of esters is 1. The summed E-state index contributed by atoms with van der Waals surface area (Å²) >= 11 is 0. The van der Waals surface area contributed by atoms with E-state index in [2.05, 4.69) is 26.8 Å². The van der Waals surface area contributed by atoms with Gasteiger partial charge in [-0.1, -0.05) is 29.4 Å². The SMILES string of the molecule is CC(C)=CCC/C(C)=C/COC(=O)COc1cccc(C)c1C. The minimum Gasteiger partial charge on any atom is -0.482 e. The van der Waals surface area contributed by atoms with Crippen LogP contribution in [0.4, 0.5) is 0 Å². The van der Waals surface area contributed by atoms with Crippen molar-refractivity contribution >= 4 is 5.97 Å². The Labute approximate surface area is 140 Å². The van der Waals surface area contributed by atoms with Crippen molar-refractivity contribution in [3.8, 4) is 5.75 Å². The number of aryl methyl sites for hydroxylation is 1. The molecule has 0 aliphatic rings. The highest BCUT2D eigenvalue weighted by Crippen LogP contribution is 2.20. The summed E-state index contributed by atoms with van der Waals surface area (Å²) in [5.41, 5.74) is 4.75. The van der Waals surface area contributed by atoms with Crippen molar-refractivity contribution < 1.29 is 14.3 Å². The number of rotatable bonds is 8. The lowest BCUT2D eigenvalue weighted by molar-refractivity contribution is -0.144. The fraction of sp³-hybridized carbons (Fsp3) is 0.450. The molecule has 0 aromatic heterocycles. The molecule has 0 aliphatic heterocycles. The molecule has 1 rings (SSSR count). The second kappa shape index (κ2) is 9.88. The molecule has 0 atom stereocenters. The van der Waals surface area contributed by atoms with Crippen LogP contribution in [0.2, 0.25) is 0 Å². The molecule has 0 saturated heterocycles. The number of ether oxygens (including phenoxy) is 2. The predicted octanol–water partition coefficient (Wildman–Crippen LogP) is 4.92. The molecule has 0 bridgehead atoms. The van der Waals surface area contributed by atoms with Crippen LogP contribution >= 0.6 is 0 Å². The number of carbonyl (C=O) groups excluding carboxylic acids is 1. The average molecular weight is 316 g/mol. The molecule has 0 fully saturated rings. The van der Waals surface area contributed by atoms with Crippen LogP contribution in [0.1, 0.15) is 44.7 Å². The van der Waals surface area contributed by atoms with Crippen molar-refractivity contribution in [1.82, 2.24) is 0 Å². The number of benzene rings is 1. The minimum absolute atomic E-state index is 0.0606. The van der Waals surface area contributed by atoms with Crippen LogP contribution in [0.25, 0.3) is 0 Å². The van der Waals surface area contributed by atoms with E-state index in [4.69, 9.17) is 9.47 Å². The van der Waals surface area contributed by atoms with Crippen molar-refractivity contribution in [2.45, 2.75) is 47.5 Å². The average Bonchev–Trinajstić information content (AvgIpc) is 2.48. The number of allylic oxidation sites excluding steroid dienone is 3. The maximum absolute atomic E-state index is 11.7. The monoisotopic (exact) mass is 316 g/mol. The van der Waals surface area contributed by atoms with Gasteiger partial charge in [-0.05, 0) is 70.7 Å². The Morgan fingerprint density at radius 1 is 1.13 bits per heavy atom. The topological polar surface area (TPSA) is 35.5 Å². The van der Waals surface area contributed by atoms with Gasteiger partial charge in [-0.25, -0.2) is 4.79 Å². The zero-order valence-electron chi connectivity index (χ0n) is 14.9. The Hall–Kier alpha value is -2.03. The van der Waals surface area contributed by atoms with Gasteiger partial charge in [-0.2, -0.15) is 0 Å². The van der Waals surface area contributed by atoms with E-state index in [-0.39, 0.29) is 12.6 Å². The van der Waals surface area contributed by atoms with Crippen LogP contribution in [-0.4, -0.2) is 19.2 Å². The Bertz CT molecular complexity index is 579. The highest BCUT2D eigenvalue weighted by Gasteiger charge is 2.06. The van der Waals surface area contributed by atoms with Gasteiger partial charge in [0.1, 0.15) is 12.4 Å². The van der Waals surface area contributed by atoms with E-state index < -0.39 is 0 Å². The van der Waals surface area contributed by atoms with E-state index in [1.807, 2.05) is 38.1 Å². The molecule has 0 heterocycles. The molecule has 126 valence electrons. The van der Waals surface area contributed by atoms with Crippen LogP contribution in [0, 0.1) is 13.8 Å². The van der Waals surface area contributed by atoms with Crippen LogP contribution in [0.5, 0.6) is 5.75 Å². The molecule has 0 amide bonds. The third-order valence-electron chi connectivity index (χ3n) is 3.67. The van der Waals surface area contributed by atoms with Crippen LogP contribution in [0.15, 0.2) is 41.5 Å². The number of hydrogen-bond acceptors (Lipinski definition) is 3. The summed E-state index contributed by atoms with van der Waals surface area (Å²) in [6, 6.07) is 5.80. The van der Waals surface area contributed by atoms with Crippen molar-refractivity contribution in [1.29, 1.82) is 0 Å². The fourth-order valence-corrected chi connectivity index (χ4v) is 2.03. The van der Waals surface area contributed by atoms with Crippen LogP contribution in [-0.2, 0) is 9.53 Å². The summed E-state index contributed by atoms with van der Waals surface area (Å²) in [6.07, 6.45) is 6.17. The Kier molecular flexibility index (Phi) is 8.17. The molecule has 3 heteroatoms. The summed E-state index contributed by atoms with van der Waals surface area (Å²) < 4.78 is 10.7. The maximum atomic E-state index is 11.7. The molecule has 3 nitrogen and oxygen atoms in total. The molecule has 1 aromatic carbocycles. The Morgan fingerprint density at radius 3 is 2.57 bits per heavy atom. The highest BCUT2D eigenvalue weighted by atomic mass is 16.6. The third-order valence-corrected chi connectivity index (χ3v) is 3.67. The molecule has 0 unspecified atom stereocenters. The molecule has 0 saturated carbocycles. The first kappa shape index (κ1) is 19.0. The largest absolute Gasteiger partial charge is 0.482 e. The zero-order chi connectivity index (χ0) is 17.2. The van der Waals surface area contributed by atoms with Gasteiger partial charge in [0.15, 0.2) is 6.61 Å². The molecule has 0 radical (unpaired) electrons. The van der Waals surface area contributed by atoms with E-state index in [0.29, 0.717) is 6.61 Å². The van der Waals surface area contributed by atoms with E-state index in [0.717, 1.165) is 29.7 Å². The maximum Gasteiger partial charge on any atom is 0.344 e. The van der Waals surface area contributed by atoms with Crippen molar-refractivity contribution in [2.24, 2.45) is 0 Å². The quantitative estimate of drug-likeness (QED) is 0.504. The fourth-order valence-electron chi connectivity index (χ4n) is 2.03. The second-order valence-electron chi connectivity index (χ2n) is 6.04. The van der Waals surface area contributed by atoms with E-state index in [9.17, 15) is 4.79 Å². The molecule has 0 spiro atoms. The minimum atomic E-state index is -0.348. The van der Waals surface area contributed by atoms with Crippen LogP contribution < -0.4 is 4.74 Å². The Balaban J connectivity index is 2.31. The number of carbonyl (C=O) groups is 1. The molecule has 0 aliphatic carbocycles. The van der Waals surface area contributed by atoms with E-state index in [1.165, 1.54) is 11.1 Å². The van der Waals surface area contributed by atoms with Gasteiger partial charge >= 0.3 is 5.97 Å².